The van der Waals surface area contributed by atoms with Gasteiger partial charge in [0.25, 0.3) is 15.9 Å². The monoisotopic (exact) mass is 539 g/mol. The van der Waals surface area contributed by atoms with Crippen molar-refractivity contribution in [1.82, 2.24) is 14.5 Å². The molecule has 2 aromatic carbocycles. The largest absolute Gasteiger partial charge is 0.352 e. The van der Waals surface area contributed by atoms with Crippen LogP contribution in [0.5, 0.6) is 0 Å². The van der Waals surface area contributed by atoms with Crippen LogP contribution >= 0.6 is 0 Å². The van der Waals surface area contributed by atoms with E-state index in [0.29, 0.717) is 6.42 Å². The van der Waals surface area contributed by atoms with Crippen molar-refractivity contribution >= 4 is 27.7 Å². The third-order valence-electron chi connectivity index (χ3n) is 7.44. The molecule has 1 aliphatic carbocycles. The second kappa shape index (κ2) is 12.1. The van der Waals surface area contributed by atoms with Crippen LogP contribution in [-0.2, 0) is 26.2 Å². The molecule has 1 atom stereocenters. The molecule has 0 radical (unpaired) electrons. The number of hydrogen-bond acceptors (Lipinski definition) is 5. The summed E-state index contributed by atoms with van der Waals surface area (Å²) >= 11 is 0. The van der Waals surface area contributed by atoms with Gasteiger partial charge in [-0.3, -0.25) is 14.4 Å². The lowest BCUT2D eigenvalue weighted by molar-refractivity contribution is -0.141. The van der Waals surface area contributed by atoms with Crippen molar-refractivity contribution in [3.63, 3.8) is 0 Å². The zero-order chi connectivity index (χ0) is 27.3. The fourth-order valence-electron chi connectivity index (χ4n) is 5.44. The summed E-state index contributed by atoms with van der Waals surface area (Å²) in [4.78, 5) is 41.2. The van der Waals surface area contributed by atoms with Gasteiger partial charge in [0.2, 0.25) is 11.8 Å². The Bertz CT molecular complexity index is 1290. The second-order valence-corrected chi connectivity index (χ2v) is 12.1. The van der Waals surface area contributed by atoms with Gasteiger partial charge in [-0.15, -0.1) is 0 Å². The van der Waals surface area contributed by atoms with E-state index in [0.717, 1.165) is 41.1 Å². The lowest BCUT2D eigenvalue weighted by Gasteiger charge is -2.33. The maximum Gasteiger partial charge on any atom is 0.269 e. The summed E-state index contributed by atoms with van der Waals surface area (Å²) in [6, 6.07) is 13.5. The molecule has 2 aliphatic rings. The van der Waals surface area contributed by atoms with Crippen LogP contribution in [0.1, 0.15) is 79.8 Å². The molecule has 2 aromatic rings. The maximum atomic E-state index is 13.6. The Labute approximate surface area is 225 Å². The first-order valence-electron chi connectivity index (χ1n) is 13.5. The highest BCUT2D eigenvalue weighted by molar-refractivity contribution is 7.90. The van der Waals surface area contributed by atoms with Crippen LogP contribution in [-0.4, -0.2) is 54.0 Å². The molecule has 0 saturated heterocycles. The third-order valence-corrected chi connectivity index (χ3v) is 9.28. The van der Waals surface area contributed by atoms with Gasteiger partial charge in [-0.2, -0.15) is 0 Å². The molecule has 1 saturated carbocycles. The number of benzene rings is 2. The van der Waals surface area contributed by atoms with Crippen molar-refractivity contribution < 1.29 is 22.8 Å². The number of sulfonamides is 1. The van der Waals surface area contributed by atoms with E-state index in [9.17, 15) is 22.8 Å². The summed E-state index contributed by atoms with van der Waals surface area (Å²) in [6.45, 7) is 4.07. The number of nitrogens with zero attached hydrogens (tertiary/aromatic N) is 2. The van der Waals surface area contributed by atoms with Crippen LogP contribution in [0.3, 0.4) is 0 Å². The standard InChI is InChI=1S/C29H37N3O5S/c1-3-25(28(34)30-23-13-5-4-6-14-23)31(20-22-12-9-11-21(2)19-22)27(33)17-10-18-32-29(35)24-15-7-8-16-26(24)38(32,36)37/h7-9,11-12,15-16,19,23,25H,3-6,10,13-14,17-18,20H2,1-2H3,(H,30,34)/t25-/m0/s1. The highest BCUT2D eigenvalue weighted by atomic mass is 32.2. The van der Waals surface area contributed by atoms with E-state index in [4.69, 9.17) is 0 Å². The fraction of sp³-hybridized carbons (Fsp3) is 0.483. The van der Waals surface area contributed by atoms with E-state index < -0.39 is 22.0 Å². The molecular formula is C29H37N3O5S. The Balaban J connectivity index is 1.47. The molecule has 0 spiro atoms. The minimum atomic E-state index is -3.92. The molecule has 1 heterocycles. The summed E-state index contributed by atoms with van der Waals surface area (Å²) in [7, 11) is -3.92. The smallest absolute Gasteiger partial charge is 0.269 e. The first kappa shape index (κ1) is 27.8. The minimum Gasteiger partial charge on any atom is -0.352 e. The van der Waals surface area contributed by atoms with Gasteiger partial charge in [-0.05, 0) is 50.3 Å². The van der Waals surface area contributed by atoms with Crippen LogP contribution in [0.25, 0.3) is 0 Å². The van der Waals surface area contributed by atoms with Gasteiger partial charge in [0, 0.05) is 25.6 Å². The van der Waals surface area contributed by atoms with Crippen molar-refractivity contribution in [2.24, 2.45) is 0 Å². The van der Waals surface area contributed by atoms with Crippen molar-refractivity contribution in [2.45, 2.75) is 88.7 Å². The lowest BCUT2D eigenvalue weighted by Crippen LogP contribution is -2.51. The van der Waals surface area contributed by atoms with E-state index in [-0.39, 0.29) is 54.2 Å². The van der Waals surface area contributed by atoms with Crippen molar-refractivity contribution in [2.75, 3.05) is 6.54 Å². The molecule has 8 nitrogen and oxygen atoms in total. The van der Waals surface area contributed by atoms with Gasteiger partial charge < -0.3 is 10.2 Å². The van der Waals surface area contributed by atoms with Crippen LogP contribution in [0, 0.1) is 6.92 Å². The SMILES string of the molecule is CC[C@@H](C(=O)NC1CCCCC1)N(Cc1cccc(C)c1)C(=O)CCCN1C(=O)c2ccccc2S1(=O)=O. The van der Waals surface area contributed by atoms with Crippen molar-refractivity contribution in [3.05, 3.63) is 65.2 Å². The Morgan fingerprint density at radius 1 is 1.08 bits per heavy atom. The molecule has 0 bridgehead atoms. The number of carbonyl (C=O) groups is 3. The Morgan fingerprint density at radius 2 is 1.82 bits per heavy atom. The average Bonchev–Trinajstić information content (AvgIpc) is 3.09. The first-order chi connectivity index (χ1) is 18.2. The predicted octanol–water partition coefficient (Wildman–Crippen LogP) is 4.18. The molecule has 1 fully saturated rings. The number of aryl methyl sites for hydroxylation is 1. The summed E-state index contributed by atoms with van der Waals surface area (Å²) in [5.41, 5.74) is 2.15. The van der Waals surface area contributed by atoms with Gasteiger partial charge in [0.15, 0.2) is 0 Å². The van der Waals surface area contributed by atoms with E-state index in [1.807, 2.05) is 38.1 Å². The first-order valence-corrected chi connectivity index (χ1v) is 15.0. The fourth-order valence-corrected chi connectivity index (χ4v) is 7.05. The molecule has 1 N–H and O–H groups in total. The van der Waals surface area contributed by atoms with Crippen LogP contribution < -0.4 is 5.32 Å². The van der Waals surface area contributed by atoms with E-state index in [2.05, 4.69) is 5.32 Å². The Kier molecular flexibility index (Phi) is 8.87. The number of hydrogen-bond donors (Lipinski definition) is 1. The van der Waals surface area contributed by atoms with Gasteiger partial charge >= 0.3 is 0 Å². The molecule has 204 valence electrons. The zero-order valence-electron chi connectivity index (χ0n) is 22.2. The van der Waals surface area contributed by atoms with Gasteiger partial charge in [0.1, 0.15) is 10.9 Å². The maximum absolute atomic E-state index is 13.6. The van der Waals surface area contributed by atoms with Crippen LogP contribution in [0.15, 0.2) is 53.4 Å². The van der Waals surface area contributed by atoms with Gasteiger partial charge in [0.05, 0.1) is 5.56 Å². The average molecular weight is 540 g/mol. The molecule has 4 rings (SSSR count). The number of rotatable bonds is 10. The summed E-state index contributed by atoms with van der Waals surface area (Å²) in [6.07, 6.45) is 5.93. The molecule has 0 unspecified atom stereocenters. The summed E-state index contributed by atoms with van der Waals surface area (Å²) in [5.74, 6) is -0.949. The molecule has 0 aromatic heterocycles. The topological polar surface area (TPSA) is 104 Å². The number of amides is 3. The summed E-state index contributed by atoms with van der Waals surface area (Å²) in [5, 5.41) is 3.16. The van der Waals surface area contributed by atoms with Gasteiger partial charge in [-0.1, -0.05) is 68.1 Å². The van der Waals surface area contributed by atoms with E-state index in [1.54, 1.807) is 17.0 Å². The quantitative estimate of drug-likeness (QED) is 0.488. The number of fused-ring (bicyclic) bond motifs is 1. The molecule has 3 amide bonds. The van der Waals surface area contributed by atoms with Crippen LogP contribution in [0.2, 0.25) is 0 Å². The van der Waals surface area contributed by atoms with Crippen LogP contribution in [0.4, 0.5) is 0 Å². The van der Waals surface area contributed by atoms with Gasteiger partial charge in [-0.25, -0.2) is 12.7 Å². The normalized spacial score (nSPS) is 17.6. The molecule has 9 heteroatoms. The Hall–Kier alpha value is -3.20. The number of carbonyl (C=O) groups excluding carboxylic acids is 3. The highest BCUT2D eigenvalue weighted by Gasteiger charge is 2.40. The molecule has 1 aliphatic heterocycles. The molecule has 38 heavy (non-hydrogen) atoms. The van der Waals surface area contributed by atoms with E-state index >= 15 is 0 Å². The summed E-state index contributed by atoms with van der Waals surface area (Å²) < 4.78 is 26.6. The molecular weight excluding hydrogens is 502 g/mol. The predicted molar refractivity (Wildman–Crippen MR) is 145 cm³/mol. The van der Waals surface area contributed by atoms with Crippen molar-refractivity contribution in [1.29, 1.82) is 0 Å². The van der Waals surface area contributed by atoms with Crippen molar-refractivity contribution in [3.8, 4) is 0 Å². The Morgan fingerprint density at radius 3 is 2.50 bits per heavy atom. The number of nitrogens with one attached hydrogen (secondary N) is 1. The zero-order valence-corrected chi connectivity index (χ0v) is 23.0. The lowest BCUT2D eigenvalue weighted by atomic mass is 9.95. The minimum absolute atomic E-state index is 0.00262. The second-order valence-electron chi connectivity index (χ2n) is 10.3. The third kappa shape index (κ3) is 6.09. The highest BCUT2D eigenvalue weighted by Crippen LogP contribution is 2.30. The van der Waals surface area contributed by atoms with E-state index in [1.165, 1.54) is 18.6 Å².